The predicted octanol–water partition coefficient (Wildman–Crippen LogP) is 3.01. The molecule has 1 saturated carbocycles. The van der Waals surface area contributed by atoms with Crippen molar-refractivity contribution in [3.63, 3.8) is 0 Å². The zero-order valence-electron chi connectivity index (χ0n) is 11.3. The molecule has 1 aromatic rings. The van der Waals surface area contributed by atoms with Crippen LogP contribution in [0.2, 0.25) is 0 Å². The summed E-state index contributed by atoms with van der Waals surface area (Å²) in [4.78, 5) is 16.3. The summed E-state index contributed by atoms with van der Waals surface area (Å²) in [6.07, 6.45) is 8.65. The van der Waals surface area contributed by atoms with E-state index in [-0.39, 0.29) is 17.4 Å². The van der Waals surface area contributed by atoms with Gasteiger partial charge in [0.25, 0.3) is 0 Å². The minimum Gasteiger partial charge on any atom is -0.346 e. The first-order valence-corrected chi connectivity index (χ1v) is 6.94. The standard InChI is InChI=1S/C15H22N2O/c1-3-5-12(4-2)14(18)17-15(8-9-15)13-6-10-16-11-7-13/h6-7,10-12H,3-5,8-9H2,1-2H3,(H,17,18). The number of hydrogen-bond donors (Lipinski definition) is 1. The highest BCUT2D eigenvalue weighted by molar-refractivity contribution is 5.80. The Bertz CT molecular complexity index is 398. The second kappa shape index (κ2) is 5.51. The molecule has 98 valence electrons. The summed E-state index contributed by atoms with van der Waals surface area (Å²) in [5.74, 6) is 0.378. The molecule has 3 heteroatoms. The lowest BCUT2D eigenvalue weighted by Gasteiger charge is -2.21. The van der Waals surface area contributed by atoms with E-state index in [2.05, 4.69) is 24.1 Å². The molecule has 3 nitrogen and oxygen atoms in total. The van der Waals surface area contributed by atoms with Crippen molar-refractivity contribution in [1.29, 1.82) is 0 Å². The van der Waals surface area contributed by atoms with Crippen molar-refractivity contribution in [1.82, 2.24) is 10.3 Å². The molecule has 1 amide bonds. The molecule has 1 unspecified atom stereocenters. The minimum absolute atomic E-state index is 0.0960. The number of amides is 1. The van der Waals surface area contributed by atoms with Gasteiger partial charge in [-0.15, -0.1) is 0 Å². The van der Waals surface area contributed by atoms with Crippen molar-refractivity contribution in [2.24, 2.45) is 5.92 Å². The van der Waals surface area contributed by atoms with Gasteiger partial charge in [0.1, 0.15) is 0 Å². The number of aromatic nitrogens is 1. The summed E-state index contributed by atoms with van der Waals surface area (Å²) in [5.41, 5.74) is 1.10. The molecule has 2 rings (SSSR count). The Hall–Kier alpha value is -1.38. The maximum Gasteiger partial charge on any atom is 0.223 e. The van der Waals surface area contributed by atoms with Gasteiger partial charge in [0.05, 0.1) is 5.54 Å². The molecular weight excluding hydrogens is 224 g/mol. The smallest absolute Gasteiger partial charge is 0.223 e. The highest BCUT2D eigenvalue weighted by Crippen LogP contribution is 2.45. The highest BCUT2D eigenvalue weighted by atomic mass is 16.2. The van der Waals surface area contributed by atoms with Crippen LogP contribution in [0.15, 0.2) is 24.5 Å². The SMILES string of the molecule is CCCC(CC)C(=O)NC1(c2ccncc2)CC1. The molecule has 1 atom stereocenters. The maximum absolute atomic E-state index is 12.3. The van der Waals surface area contributed by atoms with Crippen molar-refractivity contribution in [3.05, 3.63) is 30.1 Å². The highest BCUT2D eigenvalue weighted by Gasteiger charge is 2.46. The van der Waals surface area contributed by atoms with Crippen molar-refractivity contribution in [2.45, 2.75) is 51.5 Å². The molecular formula is C15H22N2O. The number of nitrogens with one attached hydrogen (secondary N) is 1. The molecule has 1 aliphatic rings. The van der Waals surface area contributed by atoms with E-state index in [0.29, 0.717) is 0 Å². The number of carbonyl (C=O) groups is 1. The summed E-state index contributed by atoms with van der Waals surface area (Å²) in [6, 6.07) is 4.02. The molecule has 0 bridgehead atoms. The van der Waals surface area contributed by atoms with E-state index in [1.54, 1.807) is 12.4 Å². The number of carbonyl (C=O) groups excluding carboxylic acids is 1. The molecule has 1 heterocycles. The van der Waals surface area contributed by atoms with Gasteiger partial charge in [-0.25, -0.2) is 0 Å². The average molecular weight is 246 g/mol. The Morgan fingerprint density at radius 2 is 2.06 bits per heavy atom. The van der Waals surface area contributed by atoms with Gasteiger partial charge in [0.2, 0.25) is 5.91 Å². The Labute approximate surface area is 109 Å². The molecule has 18 heavy (non-hydrogen) atoms. The Morgan fingerprint density at radius 3 is 2.56 bits per heavy atom. The molecule has 1 aromatic heterocycles. The Morgan fingerprint density at radius 1 is 1.39 bits per heavy atom. The Kier molecular flexibility index (Phi) is 4.00. The monoisotopic (exact) mass is 246 g/mol. The molecule has 0 aliphatic heterocycles. The Balaban J connectivity index is 2.03. The van der Waals surface area contributed by atoms with Crippen molar-refractivity contribution >= 4 is 5.91 Å². The van der Waals surface area contributed by atoms with E-state index in [0.717, 1.165) is 32.1 Å². The van der Waals surface area contributed by atoms with Crippen LogP contribution in [0.25, 0.3) is 0 Å². The first kappa shape index (κ1) is 13.1. The van der Waals surface area contributed by atoms with Gasteiger partial charge in [-0.05, 0) is 43.4 Å². The minimum atomic E-state index is -0.0960. The molecule has 0 saturated heterocycles. The second-order valence-corrected chi connectivity index (χ2v) is 5.20. The van der Waals surface area contributed by atoms with E-state index in [1.165, 1.54) is 5.56 Å². The summed E-state index contributed by atoms with van der Waals surface area (Å²) in [6.45, 7) is 4.22. The topological polar surface area (TPSA) is 42.0 Å². The van der Waals surface area contributed by atoms with Crippen LogP contribution in [-0.4, -0.2) is 10.9 Å². The largest absolute Gasteiger partial charge is 0.346 e. The maximum atomic E-state index is 12.3. The molecule has 0 spiro atoms. The van der Waals surface area contributed by atoms with Gasteiger partial charge < -0.3 is 5.32 Å². The lowest BCUT2D eigenvalue weighted by atomic mass is 9.98. The van der Waals surface area contributed by atoms with Crippen LogP contribution in [-0.2, 0) is 10.3 Å². The molecule has 0 aromatic carbocycles. The van der Waals surface area contributed by atoms with E-state index in [1.807, 2.05) is 12.1 Å². The third kappa shape index (κ3) is 2.71. The first-order chi connectivity index (χ1) is 8.72. The van der Waals surface area contributed by atoms with Gasteiger partial charge in [-0.1, -0.05) is 20.3 Å². The van der Waals surface area contributed by atoms with Crippen LogP contribution in [0.1, 0.15) is 51.5 Å². The zero-order valence-corrected chi connectivity index (χ0v) is 11.3. The third-order valence-corrected chi connectivity index (χ3v) is 3.85. The lowest BCUT2D eigenvalue weighted by molar-refractivity contribution is -0.126. The van der Waals surface area contributed by atoms with Crippen molar-refractivity contribution in [2.75, 3.05) is 0 Å². The van der Waals surface area contributed by atoms with E-state index < -0.39 is 0 Å². The fourth-order valence-electron chi connectivity index (χ4n) is 2.49. The predicted molar refractivity (Wildman–Crippen MR) is 72.0 cm³/mol. The number of nitrogens with zero attached hydrogens (tertiary/aromatic N) is 1. The van der Waals surface area contributed by atoms with Crippen LogP contribution in [0, 0.1) is 5.92 Å². The number of pyridine rings is 1. The second-order valence-electron chi connectivity index (χ2n) is 5.20. The van der Waals surface area contributed by atoms with Crippen LogP contribution >= 0.6 is 0 Å². The zero-order chi connectivity index (χ0) is 13.0. The fourth-order valence-corrected chi connectivity index (χ4v) is 2.49. The van der Waals surface area contributed by atoms with Crippen molar-refractivity contribution < 1.29 is 4.79 Å². The van der Waals surface area contributed by atoms with Gasteiger partial charge >= 0.3 is 0 Å². The summed E-state index contributed by atoms with van der Waals surface area (Å²) < 4.78 is 0. The number of rotatable bonds is 6. The van der Waals surface area contributed by atoms with Gasteiger partial charge in [-0.2, -0.15) is 0 Å². The molecule has 0 radical (unpaired) electrons. The first-order valence-electron chi connectivity index (χ1n) is 6.94. The van der Waals surface area contributed by atoms with E-state index in [4.69, 9.17) is 0 Å². The van der Waals surface area contributed by atoms with E-state index >= 15 is 0 Å². The van der Waals surface area contributed by atoms with Crippen LogP contribution < -0.4 is 5.32 Å². The van der Waals surface area contributed by atoms with Gasteiger partial charge in [0.15, 0.2) is 0 Å². The molecule has 1 N–H and O–H groups in total. The summed E-state index contributed by atoms with van der Waals surface area (Å²) >= 11 is 0. The molecule has 1 fully saturated rings. The normalized spacial score (nSPS) is 18.1. The average Bonchev–Trinajstić information content (AvgIpc) is 3.17. The van der Waals surface area contributed by atoms with Gasteiger partial charge in [0, 0.05) is 18.3 Å². The summed E-state index contributed by atoms with van der Waals surface area (Å²) in [5, 5.41) is 3.25. The summed E-state index contributed by atoms with van der Waals surface area (Å²) in [7, 11) is 0. The van der Waals surface area contributed by atoms with Crippen molar-refractivity contribution in [3.8, 4) is 0 Å². The third-order valence-electron chi connectivity index (χ3n) is 3.85. The van der Waals surface area contributed by atoms with Gasteiger partial charge in [-0.3, -0.25) is 9.78 Å². The van der Waals surface area contributed by atoms with E-state index in [9.17, 15) is 4.79 Å². The van der Waals surface area contributed by atoms with Crippen LogP contribution in [0.4, 0.5) is 0 Å². The lowest BCUT2D eigenvalue weighted by Crippen LogP contribution is -2.38. The number of hydrogen-bond acceptors (Lipinski definition) is 2. The van der Waals surface area contributed by atoms with Crippen LogP contribution in [0.5, 0.6) is 0 Å². The van der Waals surface area contributed by atoms with Crippen LogP contribution in [0.3, 0.4) is 0 Å². The molecule has 1 aliphatic carbocycles. The fraction of sp³-hybridized carbons (Fsp3) is 0.600. The quantitative estimate of drug-likeness (QED) is 0.838.